The van der Waals surface area contributed by atoms with Crippen LogP contribution in [0.15, 0.2) is 24.3 Å². The summed E-state index contributed by atoms with van der Waals surface area (Å²) in [6, 6.07) is 8.95. The van der Waals surface area contributed by atoms with E-state index in [1.807, 2.05) is 0 Å². The summed E-state index contributed by atoms with van der Waals surface area (Å²) < 4.78 is 5.49. The van der Waals surface area contributed by atoms with E-state index in [9.17, 15) is 0 Å². The standard InChI is InChI=1S/C16H25NO/c1-13(2)16-7-5-14(6-8-16)10-17-11-15-4-3-9-18-12-15/h5-8,13,15,17H,3-4,9-12H2,1-2H3. The van der Waals surface area contributed by atoms with Gasteiger partial charge in [-0.15, -0.1) is 0 Å². The maximum Gasteiger partial charge on any atom is 0.0506 e. The molecule has 18 heavy (non-hydrogen) atoms. The van der Waals surface area contributed by atoms with E-state index >= 15 is 0 Å². The van der Waals surface area contributed by atoms with E-state index in [1.165, 1.54) is 24.0 Å². The van der Waals surface area contributed by atoms with Crippen molar-refractivity contribution in [3.05, 3.63) is 35.4 Å². The van der Waals surface area contributed by atoms with Gasteiger partial charge in [-0.25, -0.2) is 0 Å². The molecule has 1 N–H and O–H groups in total. The van der Waals surface area contributed by atoms with Gasteiger partial charge in [-0.1, -0.05) is 38.1 Å². The van der Waals surface area contributed by atoms with Crippen LogP contribution in [-0.4, -0.2) is 19.8 Å². The van der Waals surface area contributed by atoms with Gasteiger partial charge in [0.05, 0.1) is 6.61 Å². The molecule has 0 radical (unpaired) electrons. The van der Waals surface area contributed by atoms with Crippen molar-refractivity contribution >= 4 is 0 Å². The van der Waals surface area contributed by atoms with Crippen LogP contribution >= 0.6 is 0 Å². The van der Waals surface area contributed by atoms with E-state index in [4.69, 9.17) is 4.74 Å². The van der Waals surface area contributed by atoms with Crippen LogP contribution < -0.4 is 5.32 Å². The first-order valence-electron chi connectivity index (χ1n) is 7.13. The maximum atomic E-state index is 5.49. The lowest BCUT2D eigenvalue weighted by Gasteiger charge is -2.22. The minimum Gasteiger partial charge on any atom is -0.381 e. The first-order valence-corrected chi connectivity index (χ1v) is 7.13. The molecular formula is C16H25NO. The van der Waals surface area contributed by atoms with Gasteiger partial charge in [-0.05, 0) is 35.8 Å². The van der Waals surface area contributed by atoms with Gasteiger partial charge in [0.2, 0.25) is 0 Å². The quantitative estimate of drug-likeness (QED) is 0.861. The van der Waals surface area contributed by atoms with Crippen LogP contribution in [0.25, 0.3) is 0 Å². The molecular weight excluding hydrogens is 222 g/mol. The van der Waals surface area contributed by atoms with Gasteiger partial charge in [0, 0.05) is 19.7 Å². The highest BCUT2D eigenvalue weighted by molar-refractivity contribution is 5.24. The number of rotatable bonds is 5. The highest BCUT2D eigenvalue weighted by atomic mass is 16.5. The van der Waals surface area contributed by atoms with Crippen molar-refractivity contribution in [2.24, 2.45) is 5.92 Å². The second-order valence-corrected chi connectivity index (χ2v) is 5.61. The summed E-state index contributed by atoms with van der Waals surface area (Å²) in [7, 11) is 0. The molecule has 0 spiro atoms. The Labute approximate surface area is 111 Å². The smallest absolute Gasteiger partial charge is 0.0506 e. The van der Waals surface area contributed by atoms with Gasteiger partial charge >= 0.3 is 0 Å². The second kappa shape index (κ2) is 6.91. The molecule has 1 atom stereocenters. The Bertz CT molecular complexity index is 339. The van der Waals surface area contributed by atoms with Crippen LogP contribution in [-0.2, 0) is 11.3 Å². The summed E-state index contributed by atoms with van der Waals surface area (Å²) in [5.74, 6) is 1.32. The topological polar surface area (TPSA) is 21.3 Å². The molecule has 1 aliphatic heterocycles. The average molecular weight is 247 g/mol. The van der Waals surface area contributed by atoms with Gasteiger partial charge in [-0.2, -0.15) is 0 Å². The van der Waals surface area contributed by atoms with E-state index in [-0.39, 0.29) is 0 Å². The highest BCUT2D eigenvalue weighted by Crippen LogP contribution is 2.15. The van der Waals surface area contributed by atoms with Crippen molar-refractivity contribution in [1.29, 1.82) is 0 Å². The van der Waals surface area contributed by atoms with Crippen molar-refractivity contribution in [3.8, 4) is 0 Å². The second-order valence-electron chi connectivity index (χ2n) is 5.61. The summed E-state index contributed by atoms with van der Waals surface area (Å²) >= 11 is 0. The molecule has 1 fully saturated rings. The van der Waals surface area contributed by atoms with Crippen molar-refractivity contribution < 1.29 is 4.74 Å². The van der Waals surface area contributed by atoms with Crippen molar-refractivity contribution in [2.75, 3.05) is 19.8 Å². The summed E-state index contributed by atoms with van der Waals surface area (Å²) in [5.41, 5.74) is 2.79. The fourth-order valence-corrected chi connectivity index (χ4v) is 2.41. The zero-order chi connectivity index (χ0) is 12.8. The Kier molecular flexibility index (Phi) is 5.21. The van der Waals surface area contributed by atoms with Crippen LogP contribution in [0.4, 0.5) is 0 Å². The normalized spacial score (nSPS) is 20.3. The molecule has 2 rings (SSSR count). The van der Waals surface area contributed by atoms with E-state index in [1.54, 1.807) is 0 Å². The predicted octanol–water partition coefficient (Wildman–Crippen LogP) is 3.33. The lowest BCUT2D eigenvalue weighted by Crippen LogP contribution is -2.28. The molecule has 0 bridgehead atoms. The van der Waals surface area contributed by atoms with E-state index in [0.717, 1.165) is 26.3 Å². The largest absolute Gasteiger partial charge is 0.381 e. The first kappa shape index (κ1) is 13.6. The molecule has 100 valence electrons. The average Bonchev–Trinajstić information content (AvgIpc) is 2.40. The molecule has 2 nitrogen and oxygen atoms in total. The summed E-state index contributed by atoms with van der Waals surface area (Å²) in [5, 5.41) is 3.54. The molecule has 0 amide bonds. The number of benzene rings is 1. The van der Waals surface area contributed by atoms with E-state index in [2.05, 4.69) is 43.4 Å². The molecule has 2 heteroatoms. The zero-order valence-corrected chi connectivity index (χ0v) is 11.6. The van der Waals surface area contributed by atoms with Crippen molar-refractivity contribution in [1.82, 2.24) is 5.32 Å². The Morgan fingerprint density at radius 2 is 2.06 bits per heavy atom. The third-order valence-electron chi connectivity index (χ3n) is 3.66. The number of ether oxygens (including phenoxy) is 1. The van der Waals surface area contributed by atoms with Gasteiger partial charge in [0.25, 0.3) is 0 Å². The van der Waals surface area contributed by atoms with Crippen molar-refractivity contribution in [3.63, 3.8) is 0 Å². The van der Waals surface area contributed by atoms with Gasteiger partial charge in [0.15, 0.2) is 0 Å². The molecule has 1 aliphatic rings. The molecule has 1 unspecified atom stereocenters. The van der Waals surface area contributed by atoms with E-state index < -0.39 is 0 Å². The van der Waals surface area contributed by atoms with E-state index in [0.29, 0.717) is 11.8 Å². The Hall–Kier alpha value is -0.860. The summed E-state index contributed by atoms with van der Waals surface area (Å²) in [6.45, 7) is 8.39. The van der Waals surface area contributed by atoms with Crippen LogP contribution in [0, 0.1) is 5.92 Å². The first-order chi connectivity index (χ1) is 8.75. The molecule has 1 aromatic rings. The van der Waals surface area contributed by atoms with Crippen molar-refractivity contribution in [2.45, 2.75) is 39.2 Å². The SMILES string of the molecule is CC(C)c1ccc(CNCC2CCCOC2)cc1. The lowest BCUT2D eigenvalue weighted by atomic mass is 10.0. The monoisotopic (exact) mass is 247 g/mol. The van der Waals surface area contributed by atoms with Gasteiger partial charge in [0.1, 0.15) is 0 Å². The van der Waals surface area contributed by atoms with Gasteiger partial charge < -0.3 is 10.1 Å². The molecule has 1 aromatic carbocycles. The Balaban J connectivity index is 1.72. The third-order valence-corrected chi connectivity index (χ3v) is 3.66. The zero-order valence-electron chi connectivity index (χ0n) is 11.6. The number of hydrogen-bond acceptors (Lipinski definition) is 2. The molecule has 1 heterocycles. The Morgan fingerprint density at radius 1 is 1.28 bits per heavy atom. The number of hydrogen-bond donors (Lipinski definition) is 1. The van der Waals surface area contributed by atoms with Crippen LogP contribution in [0.3, 0.4) is 0 Å². The minimum atomic E-state index is 0.617. The third kappa shape index (κ3) is 4.11. The summed E-state index contributed by atoms with van der Waals surface area (Å²) in [6.07, 6.45) is 2.52. The number of nitrogens with one attached hydrogen (secondary N) is 1. The minimum absolute atomic E-state index is 0.617. The fraction of sp³-hybridized carbons (Fsp3) is 0.625. The molecule has 0 saturated carbocycles. The predicted molar refractivity (Wildman–Crippen MR) is 75.8 cm³/mol. The fourth-order valence-electron chi connectivity index (χ4n) is 2.41. The van der Waals surface area contributed by atoms with Crippen LogP contribution in [0.5, 0.6) is 0 Å². The lowest BCUT2D eigenvalue weighted by molar-refractivity contribution is 0.0547. The Morgan fingerprint density at radius 3 is 2.67 bits per heavy atom. The molecule has 0 aromatic heterocycles. The maximum absolute atomic E-state index is 5.49. The van der Waals surface area contributed by atoms with Crippen LogP contribution in [0.2, 0.25) is 0 Å². The van der Waals surface area contributed by atoms with Crippen LogP contribution in [0.1, 0.15) is 43.7 Å². The molecule has 1 saturated heterocycles. The van der Waals surface area contributed by atoms with Gasteiger partial charge in [-0.3, -0.25) is 0 Å². The summed E-state index contributed by atoms with van der Waals surface area (Å²) in [4.78, 5) is 0. The highest BCUT2D eigenvalue weighted by Gasteiger charge is 2.12. The molecule has 0 aliphatic carbocycles.